The van der Waals surface area contributed by atoms with E-state index in [0.717, 1.165) is 13.3 Å². The molecule has 7 heteroatoms. The van der Waals surface area contributed by atoms with Crippen molar-refractivity contribution in [1.82, 2.24) is 4.98 Å². The topological polar surface area (TPSA) is 89.0 Å². The maximum Gasteiger partial charge on any atom is 0.310 e. The number of aromatic nitrogens is 1. The van der Waals surface area contributed by atoms with Crippen molar-refractivity contribution in [3.63, 3.8) is 0 Å². The van der Waals surface area contributed by atoms with Gasteiger partial charge >= 0.3 is 5.97 Å². The van der Waals surface area contributed by atoms with E-state index in [-0.39, 0.29) is 23.4 Å². The number of methoxy groups -OCH3 is 1. The van der Waals surface area contributed by atoms with Crippen LogP contribution in [0, 0.1) is 11.3 Å². The van der Waals surface area contributed by atoms with E-state index in [1.807, 2.05) is 0 Å². The van der Waals surface area contributed by atoms with Crippen LogP contribution in [0.25, 0.3) is 0 Å². The Hall–Kier alpha value is -2.07. The minimum atomic E-state index is -2.86. The molecule has 0 aliphatic heterocycles. The number of alkyl halides is 2. The standard InChI is InChI=1S/C11H11F2N3O2/c1-18-9(17)2-7-6(3-14)5-16-8(4-15)10(7)11(12)13/h5,11H,2,4,15H2,1H3. The molecular formula is C11H11F2N3O2. The van der Waals surface area contributed by atoms with Crippen LogP contribution in [0.15, 0.2) is 6.20 Å². The lowest BCUT2D eigenvalue weighted by molar-refractivity contribution is -0.139. The second kappa shape index (κ2) is 6.02. The molecule has 0 fully saturated rings. The van der Waals surface area contributed by atoms with Gasteiger partial charge in [0, 0.05) is 18.3 Å². The van der Waals surface area contributed by atoms with Gasteiger partial charge in [0.25, 0.3) is 6.43 Å². The fourth-order valence-electron chi connectivity index (χ4n) is 1.53. The molecule has 1 aromatic rings. The first-order valence-corrected chi connectivity index (χ1v) is 5.00. The Bertz CT molecular complexity index is 498. The van der Waals surface area contributed by atoms with Gasteiger partial charge in [-0.15, -0.1) is 0 Å². The van der Waals surface area contributed by atoms with E-state index in [2.05, 4.69) is 9.72 Å². The van der Waals surface area contributed by atoms with Gasteiger partial charge in [0.05, 0.1) is 24.8 Å². The SMILES string of the molecule is COC(=O)Cc1c(C#N)cnc(CN)c1C(F)F. The van der Waals surface area contributed by atoms with Crippen LogP contribution >= 0.6 is 0 Å². The molecule has 0 spiro atoms. The lowest BCUT2D eigenvalue weighted by Crippen LogP contribution is -2.14. The lowest BCUT2D eigenvalue weighted by Gasteiger charge is -2.13. The van der Waals surface area contributed by atoms with Crippen molar-refractivity contribution >= 4 is 5.97 Å². The largest absolute Gasteiger partial charge is 0.469 e. The zero-order valence-corrected chi connectivity index (χ0v) is 9.61. The molecule has 2 N–H and O–H groups in total. The summed E-state index contributed by atoms with van der Waals surface area (Å²) in [6.45, 7) is -0.195. The average molecular weight is 255 g/mol. The van der Waals surface area contributed by atoms with Crippen molar-refractivity contribution in [3.05, 3.63) is 28.6 Å². The number of nitrogens with two attached hydrogens (primary N) is 1. The third-order valence-electron chi connectivity index (χ3n) is 2.39. The normalized spacial score (nSPS) is 10.2. The predicted molar refractivity (Wildman–Crippen MR) is 57.5 cm³/mol. The number of halogens is 2. The van der Waals surface area contributed by atoms with Crippen LogP contribution in [0.2, 0.25) is 0 Å². The van der Waals surface area contributed by atoms with Crippen LogP contribution in [0.4, 0.5) is 8.78 Å². The van der Waals surface area contributed by atoms with Gasteiger partial charge in [0.15, 0.2) is 0 Å². The molecule has 0 amide bonds. The minimum Gasteiger partial charge on any atom is -0.469 e. The number of ether oxygens (including phenoxy) is 1. The predicted octanol–water partition coefficient (Wildman–Crippen LogP) is 1.07. The molecule has 1 heterocycles. The number of carbonyl (C=O) groups excluding carboxylic acids is 1. The van der Waals surface area contributed by atoms with Crippen molar-refractivity contribution in [2.24, 2.45) is 5.73 Å². The van der Waals surface area contributed by atoms with Crippen LogP contribution in [0.5, 0.6) is 0 Å². The summed E-state index contributed by atoms with van der Waals surface area (Å²) >= 11 is 0. The summed E-state index contributed by atoms with van der Waals surface area (Å²) in [6.07, 6.45) is -2.13. The van der Waals surface area contributed by atoms with Gasteiger partial charge in [-0.3, -0.25) is 9.78 Å². The van der Waals surface area contributed by atoms with E-state index in [1.54, 1.807) is 6.07 Å². The first kappa shape index (κ1) is 14.0. The fourth-order valence-corrected chi connectivity index (χ4v) is 1.53. The number of carbonyl (C=O) groups is 1. The first-order valence-electron chi connectivity index (χ1n) is 5.00. The van der Waals surface area contributed by atoms with Gasteiger partial charge in [-0.1, -0.05) is 0 Å². The number of nitriles is 1. The Kier molecular flexibility index (Phi) is 4.68. The summed E-state index contributed by atoms with van der Waals surface area (Å²) in [7, 11) is 1.14. The molecular weight excluding hydrogens is 244 g/mol. The van der Waals surface area contributed by atoms with Crippen LogP contribution < -0.4 is 5.73 Å². The van der Waals surface area contributed by atoms with E-state index in [0.29, 0.717) is 0 Å². The molecule has 1 rings (SSSR count). The van der Waals surface area contributed by atoms with Crippen molar-refractivity contribution in [3.8, 4) is 6.07 Å². The lowest BCUT2D eigenvalue weighted by atomic mass is 9.99. The molecule has 0 aliphatic rings. The Labute approximate surface area is 102 Å². The second-order valence-electron chi connectivity index (χ2n) is 3.38. The Balaban J connectivity index is 3.41. The van der Waals surface area contributed by atoms with E-state index >= 15 is 0 Å². The van der Waals surface area contributed by atoms with Gasteiger partial charge in [-0.05, 0) is 5.56 Å². The summed E-state index contributed by atoms with van der Waals surface area (Å²) in [4.78, 5) is 14.9. The zero-order chi connectivity index (χ0) is 13.7. The quantitative estimate of drug-likeness (QED) is 0.813. The molecule has 0 saturated carbocycles. The Morgan fingerprint density at radius 3 is 2.78 bits per heavy atom. The molecule has 18 heavy (non-hydrogen) atoms. The monoisotopic (exact) mass is 255 g/mol. The van der Waals surface area contributed by atoms with E-state index in [1.165, 1.54) is 0 Å². The molecule has 0 aromatic carbocycles. The highest BCUT2D eigenvalue weighted by Gasteiger charge is 2.23. The summed E-state index contributed by atoms with van der Waals surface area (Å²) in [6, 6.07) is 1.73. The van der Waals surface area contributed by atoms with Crippen molar-refractivity contribution in [2.75, 3.05) is 7.11 Å². The van der Waals surface area contributed by atoms with Gasteiger partial charge in [0.2, 0.25) is 0 Å². The van der Waals surface area contributed by atoms with E-state index in [9.17, 15) is 13.6 Å². The first-order chi connectivity index (χ1) is 8.54. The highest BCUT2D eigenvalue weighted by molar-refractivity contribution is 5.74. The zero-order valence-electron chi connectivity index (χ0n) is 9.61. The van der Waals surface area contributed by atoms with Crippen molar-refractivity contribution < 1.29 is 18.3 Å². The maximum atomic E-state index is 13.0. The van der Waals surface area contributed by atoms with E-state index in [4.69, 9.17) is 11.0 Å². The van der Waals surface area contributed by atoms with Crippen molar-refractivity contribution in [2.45, 2.75) is 19.4 Å². The highest BCUT2D eigenvalue weighted by atomic mass is 19.3. The van der Waals surface area contributed by atoms with Crippen LogP contribution in [0.3, 0.4) is 0 Å². The minimum absolute atomic E-state index is 0.0251. The maximum absolute atomic E-state index is 13.0. The molecule has 0 atom stereocenters. The third-order valence-corrected chi connectivity index (χ3v) is 2.39. The number of esters is 1. The number of pyridine rings is 1. The summed E-state index contributed by atoms with van der Waals surface area (Å²) in [5.41, 5.74) is 4.69. The van der Waals surface area contributed by atoms with Gasteiger partial charge in [0.1, 0.15) is 6.07 Å². The highest BCUT2D eigenvalue weighted by Crippen LogP contribution is 2.28. The summed E-state index contributed by atoms with van der Waals surface area (Å²) in [5, 5.41) is 8.86. The number of hydrogen-bond acceptors (Lipinski definition) is 5. The molecule has 0 radical (unpaired) electrons. The molecule has 5 nitrogen and oxygen atoms in total. The van der Waals surface area contributed by atoms with Gasteiger partial charge in [-0.2, -0.15) is 5.26 Å². The van der Waals surface area contributed by atoms with Crippen LogP contribution in [-0.2, 0) is 22.5 Å². The van der Waals surface area contributed by atoms with Gasteiger partial charge < -0.3 is 10.5 Å². The third kappa shape index (κ3) is 2.78. The Morgan fingerprint density at radius 1 is 1.67 bits per heavy atom. The molecule has 96 valence electrons. The molecule has 1 aromatic heterocycles. The van der Waals surface area contributed by atoms with Gasteiger partial charge in [-0.25, -0.2) is 8.78 Å². The number of hydrogen-bond donors (Lipinski definition) is 1. The van der Waals surface area contributed by atoms with E-state index < -0.39 is 24.4 Å². The Morgan fingerprint density at radius 2 is 2.33 bits per heavy atom. The summed E-state index contributed by atoms with van der Waals surface area (Å²) in [5.74, 6) is -0.706. The summed E-state index contributed by atoms with van der Waals surface area (Å²) < 4.78 is 30.4. The fraction of sp³-hybridized carbons (Fsp3) is 0.364. The molecule has 0 aliphatic carbocycles. The number of nitrogens with zero attached hydrogens (tertiary/aromatic N) is 2. The smallest absolute Gasteiger partial charge is 0.310 e. The second-order valence-corrected chi connectivity index (χ2v) is 3.38. The average Bonchev–Trinajstić information content (AvgIpc) is 2.37. The van der Waals surface area contributed by atoms with Crippen LogP contribution in [-0.4, -0.2) is 18.1 Å². The molecule has 0 saturated heterocycles. The van der Waals surface area contributed by atoms with Crippen LogP contribution in [0.1, 0.15) is 28.8 Å². The molecule has 0 bridgehead atoms. The van der Waals surface area contributed by atoms with Crippen molar-refractivity contribution in [1.29, 1.82) is 5.26 Å². The number of rotatable bonds is 4. The molecule has 0 unspecified atom stereocenters.